The number of nitrogens with one attached hydrogen (secondary N) is 1. The van der Waals surface area contributed by atoms with Crippen molar-refractivity contribution in [3.63, 3.8) is 0 Å². The van der Waals surface area contributed by atoms with Crippen molar-refractivity contribution in [3.05, 3.63) is 66.0 Å². The van der Waals surface area contributed by atoms with E-state index in [4.69, 9.17) is 4.74 Å². The standard InChI is InChI=1S/C20H14FN3O3/c1-27-14-7-3-5-12(9-14)18-17-15(20(25)26)10-16(22-19(17)24-23-18)11-4-2-6-13(21)8-11/h2-10H,1H3,(H,25,26)(H,22,23,24). The summed E-state index contributed by atoms with van der Waals surface area (Å²) in [5, 5.41) is 17.1. The van der Waals surface area contributed by atoms with Gasteiger partial charge >= 0.3 is 5.97 Å². The number of hydrogen-bond acceptors (Lipinski definition) is 4. The van der Waals surface area contributed by atoms with Gasteiger partial charge in [0.25, 0.3) is 0 Å². The first-order valence-electron chi connectivity index (χ1n) is 8.09. The van der Waals surface area contributed by atoms with E-state index in [2.05, 4.69) is 15.2 Å². The number of benzene rings is 2. The van der Waals surface area contributed by atoms with Gasteiger partial charge in [-0.1, -0.05) is 24.3 Å². The second kappa shape index (κ2) is 6.53. The number of aromatic carboxylic acids is 1. The van der Waals surface area contributed by atoms with Crippen LogP contribution in [0, 0.1) is 5.82 Å². The normalized spacial score (nSPS) is 10.9. The zero-order valence-electron chi connectivity index (χ0n) is 14.2. The topological polar surface area (TPSA) is 88.1 Å². The number of aromatic nitrogens is 3. The number of halogens is 1. The molecule has 0 saturated heterocycles. The van der Waals surface area contributed by atoms with Gasteiger partial charge in [-0.25, -0.2) is 14.2 Å². The van der Waals surface area contributed by atoms with Gasteiger partial charge in [0.2, 0.25) is 0 Å². The zero-order valence-corrected chi connectivity index (χ0v) is 14.2. The maximum atomic E-state index is 13.5. The van der Waals surface area contributed by atoms with Crippen LogP contribution in [0.15, 0.2) is 54.6 Å². The van der Waals surface area contributed by atoms with E-state index in [9.17, 15) is 14.3 Å². The molecule has 2 aromatic heterocycles. The maximum absolute atomic E-state index is 13.5. The third-order valence-corrected chi connectivity index (χ3v) is 4.23. The van der Waals surface area contributed by atoms with Crippen LogP contribution in [0.4, 0.5) is 4.39 Å². The van der Waals surface area contributed by atoms with Crippen molar-refractivity contribution in [1.29, 1.82) is 0 Å². The van der Waals surface area contributed by atoms with Crippen LogP contribution in [0.1, 0.15) is 10.4 Å². The third-order valence-electron chi connectivity index (χ3n) is 4.23. The molecule has 0 amide bonds. The molecule has 2 heterocycles. The molecule has 0 atom stereocenters. The van der Waals surface area contributed by atoms with Gasteiger partial charge in [0, 0.05) is 11.1 Å². The molecule has 0 unspecified atom stereocenters. The number of carbonyl (C=O) groups is 1. The molecule has 2 N–H and O–H groups in total. The van der Waals surface area contributed by atoms with Gasteiger partial charge in [-0.15, -0.1) is 0 Å². The Morgan fingerprint density at radius 1 is 1.11 bits per heavy atom. The molecule has 0 spiro atoms. The third kappa shape index (κ3) is 2.99. The number of nitrogens with zero attached hydrogens (tertiary/aromatic N) is 2. The lowest BCUT2D eigenvalue weighted by Crippen LogP contribution is -2.00. The smallest absolute Gasteiger partial charge is 0.336 e. The Bertz CT molecular complexity index is 1170. The molecule has 7 heteroatoms. The van der Waals surface area contributed by atoms with Crippen LogP contribution in [0.2, 0.25) is 0 Å². The maximum Gasteiger partial charge on any atom is 0.336 e. The highest BCUT2D eigenvalue weighted by Crippen LogP contribution is 2.32. The minimum atomic E-state index is -1.12. The number of carboxylic acid groups (broad SMARTS) is 1. The molecule has 6 nitrogen and oxygen atoms in total. The van der Waals surface area contributed by atoms with Gasteiger partial charge < -0.3 is 9.84 Å². The van der Waals surface area contributed by atoms with Crippen molar-refractivity contribution in [1.82, 2.24) is 15.2 Å². The Morgan fingerprint density at radius 2 is 1.89 bits per heavy atom. The number of fused-ring (bicyclic) bond motifs is 1. The summed E-state index contributed by atoms with van der Waals surface area (Å²) in [6, 6.07) is 14.4. The summed E-state index contributed by atoms with van der Waals surface area (Å²) < 4.78 is 18.8. The van der Waals surface area contributed by atoms with Crippen LogP contribution in [0.3, 0.4) is 0 Å². The number of hydrogen-bond donors (Lipinski definition) is 2. The Labute approximate surface area is 153 Å². The average molecular weight is 363 g/mol. The predicted octanol–water partition coefficient (Wildman–Crippen LogP) is 4.14. The molecule has 0 aliphatic heterocycles. The predicted molar refractivity (Wildman–Crippen MR) is 98.2 cm³/mol. The van der Waals surface area contributed by atoms with Crippen LogP contribution in [0.5, 0.6) is 5.75 Å². The second-order valence-corrected chi connectivity index (χ2v) is 5.90. The fraction of sp³-hybridized carbons (Fsp3) is 0.0500. The first-order chi connectivity index (χ1) is 13.1. The average Bonchev–Trinajstić information content (AvgIpc) is 3.11. The van der Waals surface area contributed by atoms with E-state index in [0.29, 0.717) is 28.1 Å². The van der Waals surface area contributed by atoms with Gasteiger partial charge in [-0.05, 0) is 30.3 Å². The Hall–Kier alpha value is -3.74. The SMILES string of the molecule is COc1cccc(-c2[nH]nc3nc(-c4cccc(F)c4)cc(C(=O)O)c23)c1. The molecule has 0 radical (unpaired) electrons. The van der Waals surface area contributed by atoms with Crippen molar-refractivity contribution in [2.75, 3.05) is 7.11 Å². The number of ether oxygens (including phenoxy) is 1. The first kappa shape index (κ1) is 16.7. The molecule has 134 valence electrons. The number of rotatable bonds is 4. The number of carboxylic acids is 1. The minimum absolute atomic E-state index is 0.0332. The molecular weight excluding hydrogens is 349 g/mol. The summed E-state index contributed by atoms with van der Waals surface area (Å²) in [6.07, 6.45) is 0. The molecule has 0 saturated carbocycles. The minimum Gasteiger partial charge on any atom is -0.497 e. The summed E-state index contributed by atoms with van der Waals surface area (Å²) >= 11 is 0. The van der Waals surface area contributed by atoms with Crippen LogP contribution < -0.4 is 4.74 Å². The van der Waals surface area contributed by atoms with Crippen molar-refractivity contribution >= 4 is 17.0 Å². The van der Waals surface area contributed by atoms with E-state index in [1.54, 1.807) is 37.4 Å². The summed E-state index contributed by atoms with van der Waals surface area (Å²) in [5.74, 6) is -0.910. The molecule has 4 aromatic rings. The zero-order chi connectivity index (χ0) is 19.0. The molecule has 0 aliphatic carbocycles. The summed E-state index contributed by atoms with van der Waals surface area (Å²) in [7, 11) is 1.56. The van der Waals surface area contributed by atoms with E-state index in [1.165, 1.54) is 18.2 Å². The van der Waals surface area contributed by atoms with Crippen LogP contribution in [-0.4, -0.2) is 33.4 Å². The van der Waals surface area contributed by atoms with Crippen molar-refractivity contribution in [2.24, 2.45) is 0 Å². The van der Waals surface area contributed by atoms with Crippen molar-refractivity contribution < 1.29 is 19.0 Å². The van der Waals surface area contributed by atoms with Gasteiger partial charge in [-0.3, -0.25) is 5.10 Å². The van der Waals surface area contributed by atoms with E-state index < -0.39 is 11.8 Å². The molecule has 4 rings (SSSR count). The number of aromatic amines is 1. The highest BCUT2D eigenvalue weighted by molar-refractivity contribution is 6.08. The van der Waals surface area contributed by atoms with Gasteiger partial charge in [0.15, 0.2) is 5.65 Å². The van der Waals surface area contributed by atoms with E-state index in [-0.39, 0.29) is 11.2 Å². The number of pyridine rings is 1. The summed E-state index contributed by atoms with van der Waals surface area (Å²) in [4.78, 5) is 16.3. The monoisotopic (exact) mass is 363 g/mol. The first-order valence-corrected chi connectivity index (χ1v) is 8.09. The largest absolute Gasteiger partial charge is 0.497 e. The molecule has 0 bridgehead atoms. The van der Waals surface area contributed by atoms with Crippen LogP contribution >= 0.6 is 0 Å². The van der Waals surface area contributed by atoms with E-state index >= 15 is 0 Å². The van der Waals surface area contributed by atoms with Gasteiger partial charge in [-0.2, -0.15) is 5.10 Å². The molecule has 27 heavy (non-hydrogen) atoms. The Balaban J connectivity index is 1.96. The summed E-state index contributed by atoms with van der Waals surface area (Å²) in [6.45, 7) is 0. The lowest BCUT2D eigenvalue weighted by Gasteiger charge is -2.07. The van der Waals surface area contributed by atoms with Crippen molar-refractivity contribution in [3.8, 4) is 28.3 Å². The van der Waals surface area contributed by atoms with Crippen LogP contribution in [0.25, 0.3) is 33.5 Å². The molecule has 2 aromatic carbocycles. The quantitative estimate of drug-likeness (QED) is 0.569. The Kier molecular flexibility index (Phi) is 4.04. The van der Waals surface area contributed by atoms with E-state index in [0.717, 1.165) is 5.56 Å². The number of methoxy groups -OCH3 is 1. The molecule has 0 fully saturated rings. The highest BCUT2D eigenvalue weighted by Gasteiger charge is 2.20. The van der Waals surface area contributed by atoms with E-state index in [1.807, 2.05) is 6.07 Å². The summed E-state index contributed by atoms with van der Waals surface area (Å²) in [5.41, 5.74) is 2.34. The van der Waals surface area contributed by atoms with Gasteiger partial charge in [0.1, 0.15) is 11.6 Å². The molecular formula is C20H14FN3O3. The lowest BCUT2D eigenvalue weighted by atomic mass is 10.0. The molecule has 0 aliphatic rings. The second-order valence-electron chi connectivity index (χ2n) is 5.90. The van der Waals surface area contributed by atoms with Crippen molar-refractivity contribution in [2.45, 2.75) is 0 Å². The lowest BCUT2D eigenvalue weighted by molar-refractivity contribution is 0.0699. The Morgan fingerprint density at radius 3 is 2.63 bits per heavy atom. The highest BCUT2D eigenvalue weighted by atomic mass is 19.1. The van der Waals surface area contributed by atoms with Crippen LogP contribution in [-0.2, 0) is 0 Å². The number of H-pyrrole nitrogens is 1. The fourth-order valence-corrected chi connectivity index (χ4v) is 2.98. The van der Waals surface area contributed by atoms with Gasteiger partial charge in [0.05, 0.1) is 29.4 Å². The fourth-order valence-electron chi connectivity index (χ4n) is 2.98.